The molecule has 1 aromatic carbocycles. The fourth-order valence-electron chi connectivity index (χ4n) is 15.7. The maximum atomic E-state index is 14.2. The van der Waals surface area contributed by atoms with Crippen LogP contribution in [-0.2, 0) is 19.1 Å². The molecule has 1 aromatic rings. The Morgan fingerprint density at radius 2 is 1.51 bits per heavy atom. The molecule has 59 heavy (non-hydrogen) atoms. The second-order valence-corrected chi connectivity index (χ2v) is 22.9. The predicted molar refractivity (Wildman–Crippen MR) is 232 cm³/mol. The molecule has 7 aliphatic rings. The lowest BCUT2D eigenvalue weighted by atomic mass is 9.33. The van der Waals surface area contributed by atoms with Crippen LogP contribution >= 0.6 is 0 Å². The van der Waals surface area contributed by atoms with Crippen LogP contribution in [0.1, 0.15) is 163 Å². The lowest BCUT2D eigenvalue weighted by Crippen LogP contribution is -2.66. The minimum Gasteiger partial charge on any atom is -0.481 e. The molecule has 0 bridgehead atoms. The maximum Gasteiger partial charge on any atom is 0.309 e. The van der Waals surface area contributed by atoms with E-state index in [1.165, 1.54) is 30.5 Å². The molecule has 10 atom stereocenters. The maximum absolute atomic E-state index is 14.2. The van der Waals surface area contributed by atoms with Crippen molar-refractivity contribution in [2.45, 2.75) is 158 Å². The van der Waals surface area contributed by atoms with Gasteiger partial charge in [-0.3, -0.25) is 19.2 Å². The van der Waals surface area contributed by atoms with Gasteiger partial charge in [0, 0.05) is 48.1 Å². The predicted octanol–water partition coefficient (Wildman–Crippen LogP) is 10.4. The van der Waals surface area contributed by atoms with E-state index < -0.39 is 17.3 Å². The Morgan fingerprint density at radius 3 is 2.15 bits per heavy atom. The van der Waals surface area contributed by atoms with Crippen molar-refractivity contribution in [3.8, 4) is 0 Å². The molecule has 1 amide bonds. The Hall–Kier alpha value is -3.16. The number of piperidine rings is 1. The number of amides is 1. The van der Waals surface area contributed by atoms with Crippen LogP contribution in [0.4, 0.5) is 5.69 Å². The van der Waals surface area contributed by atoms with E-state index in [2.05, 4.69) is 70.8 Å². The largest absolute Gasteiger partial charge is 0.481 e. The Labute approximate surface area is 354 Å². The second-order valence-electron chi connectivity index (χ2n) is 22.9. The van der Waals surface area contributed by atoms with Crippen molar-refractivity contribution in [3.05, 3.63) is 41.0 Å². The van der Waals surface area contributed by atoms with Crippen molar-refractivity contribution in [1.82, 2.24) is 5.32 Å². The number of benzene rings is 1. The van der Waals surface area contributed by atoms with Gasteiger partial charge in [0.15, 0.2) is 5.78 Å². The average molecular weight is 811 g/mol. The quantitative estimate of drug-likeness (QED) is 0.239. The summed E-state index contributed by atoms with van der Waals surface area (Å²) in [7, 11) is 0. The molecule has 1 aliphatic heterocycles. The van der Waals surface area contributed by atoms with Crippen LogP contribution in [0.5, 0.6) is 0 Å². The lowest BCUT2D eigenvalue weighted by molar-refractivity contribution is -0.236. The summed E-state index contributed by atoms with van der Waals surface area (Å²) in [6.07, 6.45) is 13.7. The first kappa shape index (κ1) is 42.5. The number of anilines is 1. The summed E-state index contributed by atoms with van der Waals surface area (Å²) >= 11 is 0. The van der Waals surface area contributed by atoms with Gasteiger partial charge < -0.3 is 20.1 Å². The van der Waals surface area contributed by atoms with E-state index in [9.17, 15) is 24.3 Å². The van der Waals surface area contributed by atoms with Crippen LogP contribution in [0.2, 0.25) is 0 Å². The third-order valence-corrected chi connectivity index (χ3v) is 19.4. The molecule has 8 nitrogen and oxygen atoms in total. The van der Waals surface area contributed by atoms with Gasteiger partial charge in [0.25, 0.3) is 5.91 Å². The van der Waals surface area contributed by atoms with Crippen LogP contribution < -0.4 is 10.2 Å². The fourth-order valence-corrected chi connectivity index (χ4v) is 15.7. The van der Waals surface area contributed by atoms with Crippen LogP contribution in [-0.4, -0.2) is 54.5 Å². The summed E-state index contributed by atoms with van der Waals surface area (Å²) in [5.74, 6) is -0.151. The van der Waals surface area contributed by atoms with E-state index >= 15 is 0 Å². The number of rotatable bonds is 9. The van der Waals surface area contributed by atoms with Gasteiger partial charge in [-0.2, -0.15) is 0 Å². The third kappa shape index (κ3) is 6.47. The molecule has 0 radical (unpaired) electrons. The van der Waals surface area contributed by atoms with Crippen LogP contribution in [0.15, 0.2) is 35.4 Å². The minimum absolute atomic E-state index is 0.0321. The van der Waals surface area contributed by atoms with Gasteiger partial charge in [-0.05, 0) is 159 Å². The number of hydrogen-bond acceptors (Lipinski definition) is 6. The number of ether oxygens (including phenoxy) is 1. The molecule has 8 rings (SSSR count). The zero-order valence-corrected chi connectivity index (χ0v) is 37.8. The van der Waals surface area contributed by atoms with Crippen molar-refractivity contribution in [2.24, 2.45) is 68.0 Å². The molecule has 6 fully saturated rings. The number of hydrogen-bond donors (Lipinski definition) is 2. The molecule has 0 unspecified atom stereocenters. The van der Waals surface area contributed by atoms with Gasteiger partial charge in [0.2, 0.25) is 0 Å². The lowest BCUT2D eigenvalue weighted by Gasteiger charge is -2.72. The first-order valence-corrected chi connectivity index (χ1v) is 23.6. The highest BCUT2D eigenvalue weighted by molar-refractivity contribution is 6.00. The summed E-state index contributed by atoms with van der Waals surface area (Å²) in [6, 6.07) is 8.11. The minimum atomic E-state index is -0.824. The van der Waals surface area contributed by atoms with Gasteiger partial charge in [0.1, 0.15) is 6.10 Å². The Morgan fingerprint density at radius 1 is 0.814 bits per heavy atom. The molecule has 1 saturated heterocycles. The number of fused-ring (bicyclic) bond motifs is 7. The molecule has 0 aromatic heterocycles. The number of allylic oxidation sites excluding steroid dienone is 2. The highest BCUT2D eigenvalue weighted by atomic mass is 16.5. The highest BCUT2D eigenvalue weighted by Crippen LogP contribution is 2.77. The fraction of sp³-hybridized carbons (Fsp3) is 0.765. The van der Waals surface area contributed by atoms with Crippen molar-refractivity contribution >= 4 is 29.3 Å². The van der Waals surface area contributed by atoms with Gasteiger partial charge in [-0.15, -0.1) is 0 Å². The summed E-state index contributed by atoms with van der Waals surface area (Å²) in [5.41, 5.74) is 3.70. The van der Waals surface area contributed by atoms with Crippen LogP contribution in [0.25, 0.3) is 0 Å². The molecule has 8 heteroatoms. The summed E-state index contributed by atoms with van der Waals surface area (Å²) in [6.45, 7) is 23.4. The number of carboxylic acid groups (broad SMARTS) is 1. The van der Waals surface area contributed by atoms with Gasteiger partial charge >= 0.3 is 11.9 Å². The van der Waals surface area contributed by atoms with Gasteiger partial charge in [-0.1, -0.05) is 67.9 Å². The average Bonchev–Trinajstić information content (AvgIpc) is 3.48. The molecule has 2 N–H and O–H groups in total. The SMILES string of the molecule is CC(C)C1=C2[C@H]3CC[C@@H]4[C@@]5(C)CC[C@H](OC(=O)[C@H]6C[C@@H](C(=O)O)C6(C)C)C(C)(C)[C@@H]5CC[C@@]4(C)[C@]3(C)CC[C@@]2(CCNC(=O)c2ccc(N3CCCCC3)cc2)CC1=O. The van der Waals surface area contributed by atoms with Gasteiger partial charge in [0.05, 0.1) is 11.8 Å². The summed E-state index contributed by atoms with van der Waals surface area (Å²) < 4.78 is 6.44. The Balaban J connectivity index is 0.986. The first-order valence-electron chi connectivity index (χ1n) is 23.6. The number of nitrogens with zero attached hydrogens (tertiary/aromatic N) is 1. The summed E-state index contributed by atoms with van der Waals surface area (Å²) in [4.78, 5) is 55.5. The van der Waals surface area contributed by atoms with Crippen molar-refractivity contribution in [3.63, 3.8) is 0 Å². The van der Waals surface area contributed by atoms with Gasteiger partial charge in [-0.25, -0.2) is 0 Å². The molecule has 1 heterocycles. The smallest absolute Gasteiger partial charge is 0.309 e. The highest BCUT2D eigenvalue weighted by Gasteiger charge is 2.70. The van der Waals surface area contributed by atoms with E-state index in [4.69, 9.17) is 4.74 Å². The molecular weight excluding hydrogens is 737 g/mol. The number of carbonyl (C=O) groups is 4. The number of aliphatic carboxylic acids is 1. The number of nitrogens with one attached hydrogen (secondary N) is 1. The van der Waals surface area contributed by atoms with Crippen molar-refractivity contribution in [2.75, 3.05) is 24.5 Å². The molecular formula is C51H74N2O6. The van der Waals surface area contributed by atoms with E-state index in [1.54, 1.807) is 0 Å². The molecule has 5 saturated carbocycles. The van der Waals surface area contributed by atoms with E-state index in [0.717, 1.165) is 76.5 Å². The molecule has 0 spiro atoms. The molecule has 6 aliphatic carbocycles. The number of ketones is 1. The Bertz CT molecular complexity index is 1890. The van der Waals surface area contributed by atoms with Crippen molar-refractivity contribution in [1.29, 1.82) is 0 Å². The summed E-state index contributed by atoms with van der Waals surface area (Å²) in [5, 5.41) is 13.0. The zero-order chi connectivity index (χ0) is 42.5. The second kappa shape index (κ2) is 14.7. The standard InChI is InChI=1S/C51H74N2O6/c1-31(2)41-37(54)30-51(25-26-52-43(55)32-13-15-33(16-14-32)53-27-11-10-12-28-53)24-23-49(8)34(42(41)51)17-18-39-48(7)21-20-40(47(5,6)38(48)19-22-50(39,49)9)59-45(58)36-29-35(44(56)57)46(36,3)4/h13-16,31,34-36,38-40H,10-12,17-30H2,1-9H3,(H,52,55)(H,56,57)/t34-,35+,36-,38+,39-,40+,48+,49-,50-,51-/m1/s1. The Kier molecular flexibility index (Phi) is 10.6. The van der Waals surface area contributed by atoms with Crippen LogP contribution in [0.3, 0.4) is 0 Å². The zero-order valence-electron chi connectivity index (χ0n) is 37.8. The normalized spacial score (nSPS) is 39.6. The number of Topliss-reactive ketones (excluding diaryl/α,β-unsaturated/α-hetero) is 1. The van der Waals surface area contributed by atoms with E-state index in [1.807, 2.05) is 26.0 Å². The number of carbonyl (C=O) groups excluding carboxylic acids is 3. The van der Waals surface area contributed by atoms with E-state index in [-0.39, 0.29) is 56.9 Å². The van der Waals surface area contributed by atoms with E-state index in [0.29, 0.717) is 48.5 Å². The monoisotopic (exact) mass is 811 g/mol. The van der Waals surface area contributed by atoms with Crippen molar-refractivity contribution < 1.29 is 29.0 Å². The molecule has 324 valence electrons. The third-order valence-electron chi connectivity index (χ3n) is 19.4. The number of carboxylic acids is 1. The van der Waals surface area contributed by atoms with Crippen LogP contribution in [0, 0.1) is 68.0 Å². The number of esters is 1. The first-order chi connectivity index (χ1) is 27.7. The topological polar surface area (TPSA) is 113 Å².